The number of ether oxygens (including phenoxy) is 2. The molecule has 0 saturated carbocycles. The van der Waals surface area contributed by atoms with E-state index < -0.39 is 0 Å². The van der Waals surface area contributed by atoms with Crippen LogP contribution in [-0.2, 0) is 9.47 Å². The molecule has 0 radical (unpaired) electrons. The minimum atomic E-state index is 0.665. The zero-order valence-corrected chi connectivity index (χ0v) is 9.58. The van der Waals surface area contributed by atoms with Gasteiger partial charge in [0, 0.05) is 38.7 Å². The molecular formula is C11H22N2O2. The Hall–Kier alpha value is -0.160. The maximum Gasteiger partial charge on any atom is 0.0593 e. The van der Waals surface area contributed by atoms with E-state index in [0.29, 0.717) is 12.0 Å². The summed E-state index contributed by atoms with van der Waals surface area (Å²) in [6, 6.07) is 0.698. The number of nitrogens with zero attached hydrogens (tertiary/aromatic N) is 1. The van der Waals surface area contributed by atoms with Crippen LogP contribution in [0, 0.1) is 5.92 Å². The Balaban J connectivity index is 1.93. The predicted octanol–water partition coefficient (Wildman–Crippen LogP) is -0.0569. The van der Waals surface area contributed by atoms with E-state index in [1.54, 1.807) is 7.11 Å². The Morgan fingerprint density at radius 2 is 2.47 bits per heavy atom. The largest absolute Gasteiger partial charge is 0.383 e. The SMILES string of the molecule is COCCN1CCOCC2CNCCC21. The third-order valence-corrected chi connectivity index (χ3v) is 3.47. The molecule has 0 aliphatic carbocycles. The molecule has 88 valence electrons. The van der Waals surface area contributed by atoms with Gasteiger partial charge in [-0.2, -0.15) is 0 Å². The van der Waals surface area contributed by atoms with Crippen molar-refractivity contribution < 1.29 is 9.47 Å². The van der Waals surface area contributed by atoms with Crippen LogP contribution >= 0.6 is 0 Å². The highest BCUT2D eigenvalue weighted by Crippen LogP contribution is 2.20. The van der Waals surface area contributed by atoms with E-state index in [2.05, 4.69) is 10.2 Å². The predicted molar refractivity (Wildman–Crippen MR) is 59.0 cm³/mol. The fourth-order valence-corrected chi connectivity index (χ4v) is 2.63. The summed E-state index contributed by atoms with van der Waals surface area (Å²) < 4.78 is 10.8. The van der Waals surface area contributed by atoms with Crippen LogP contribution in [0.3, 0.4) is 0 Å². The summed E-state index contributed by atoms with van der Waals surface area (Å²) in [5.74, 6) is 0.665. The second-order valence-electron chi connectivity index (χ2n) is 4.42. The van der Waals surface area contributed by atoms with Gasteiger partial charge < -0.3 is 14.8 Å². The lowest BCUT2D eigenvalue weighted by Crippen LogP contribution is -2.50. The molecule has 2 rings (SSSR count). The number of fused-ring (bicyclic) bond motifs is 1. The Morgan fingerprint density at radius 1 is 1.53 bits per heavy atom. The first-order valence-electron chi connectivity index (χ1n) is 5.93. The van der Waals surface area contributed by atoms with Crippen molar-refractivity contribution in [2.45, 2.75) is 12.5 Å². The van der Waals surface area contributed by atoms with Crippen LogP contribution in [-0.4, -0.2) is 64.1 Å². The van der Waals surface area contributed by atoms with Crippen LogP contribution in [0.4, 0.5) is 0 Å². The summed E-state index contributed by atoms with van der Waals surface area (Å²) in [6.45, 7) is 6.97. The van der Waals surface area contributed by atoms with Crippen LogP contribution in [0.5, 0.6) is 0 Å². The molecule has 0 bridgehead atoms. The van der Waals surface area contributed by atoms with E-state index in [0.717, 1.165) is 46.0 Å². The molecule has 1 N–H and O–H groups in total. The summed E-state index contributed by atoms with van der Waals surface area (Å²) in [4.78, 5) is 2.54. The van der Waals surface area contributed by atoms with E-state index in [1.165, 1.54) is 6.42 Å². The lowest BCUT2D eigenvalue weighted by Gasteiger charge is -2.37. The van der Waals surface area contributed by atoms with Crippen LogP contribution in [0.15, 0.2) is 0 Å². The number of hydrogen-bond donors (Lipinski definition) is 1. The summed E-state index contributed by atoms with van der Waals surface area (Å²) in [7, 11) is 1.77. The van der Waals surface area contributed by atoms with Gasteiger partial charge >= 0.3 is 0 Å². The standard InChI is InChI=1S/C11H22N2O2/c1-14-6-4-13-5-7-15-9-10-8-12-3-2-11(10)13/h10-12H,2-9H2,1H3. The number of rotatable bonds is 3. The highest BCUT2D eigenvalue weighted by Gasteiger charge is 2.31. The van der Waals surface area contributed by atoms with Crippen molar-refractivity contribution in [3.05, 3.63) is 0 Å². The number of nitrogens with one attached hydrogen (secondary N) is 1. The van der Waals surface area contributed by atoms with E-state index in [-0.39, 0.29) is 0 Å². The summed E-state index contributed by atoms with van der Waals surface area (Å²) in [6.07, 6.45) is 1.25. The summed E-state index contributed by atoms with van der Waals surface area (Å²) in [5, 5.41) is 3.45. The van der Waals surface area contributed by atoms with Crippen molar-refractivity contribution in [1.82, 2.24) is 10.2 Å². The molecule has 4 heteroatoms. The second-order valence-corrected chi connectivity index (χ2v) is 4.42. The van der Waals surface area contributed by atoms with Crippen molar-refractivity contribution in [2.75, 3.05) is 53.1 Å². The fraction of sp³-hybridized carbons (Fsp3) is 1.00. The van der Waals surface area contributed by atoms with E-state index in [4.69, 9.17) is 9.47 Å². The first-order valence-corrected chi connectivity index (χ1v) is 5.93. The Morgan fingerprint density at radius 3 is 3.33 bits per heavy atom. The topological polar surface area (TPSA) is 33.7 Å². The molecule has 2 aliphatic rings. The van der Waals surface area contributed by atoms with Crippen molar-refractivity contribution >= 4 is 0 Å². The van der Waals surface area contributed by atoms with E-state index >= 15 is 0 Å². The van der Waals surface area contributed by atoms with Crippen LogP contribution in [0.2, 0.25) is 0 Å². The summed E-state index contributed by atoms with van der Waals surface area (Å²) in [5.41, 5.74) is 0. The molecule has 0 aromatic rings. The highest BCUT2D eigenvalue weighted by molar-refractivity contribution is 4.87. The van der Waals surface area contributed by atoms with Crippen molar-refractivity contribution in [1.29, 1.82) is 0 Å². The lowest BCUT2D eigenvalue weighted by atomic mass is 9.93. The summed E-state index contributed by atoms with van der Waals surface area (Å²) >= 11 is 0. The molecule has 0 amide bonds. The molecule has 2 saturated heterocycles. The zero-order valence-electron chi connectivity index (χ0n) is 9.58. The third-order valence-electron chi connectivity index (χ3n) is 3.47. The molecule has 2 heterocycles. The van der Waals surface area contributed by atoms with Gasteiger partial charge in [0.1, 0.15) is 0 Å². The lowest BCUT2D eigenvalue weighted by molar-refractivity contribution is 0.0858. The molecule has 2 unspecified atom stereocenters. The number of methoxy groups -OCH3 is 1. The fourth-order valence-electron chi connectivity index (χ4n) is 2.63. The van der Waals surface area contributed by atoms with Crippen LogP contribution in [0.25, 0.3) is 0 Å². The molecule has 0 spiro atoms. The van der Waals surface area contributed by atoms with E-state index in [1.807, 2.05) is 0 Å². The second kappa shape index (κ2) is 5.80. The van der Waals surface area contributed by atoms with Crippen LogP contribution < -0.4 is 5.32 Å². The van der Waals surface area contributed by atoms with Gasteiger partial charge in [-0.25, -0.2) is 0 Å². The number of hydrogen-bond acceptors (Lipinski definition) is 4. The zero-order chi connectivity index (χ0) is 10.5. The smallest absolute Gasteiger partial charge is 0.0593 e. The van der Waals surface area contributed by atoms with Gasteiger partial charge in [0.15, 0.2) is 0 Å². The maximum absolute atomic E-state index is 5.65. The molecule has 2 aliphatic heterocycles. The molecule has 0 aromatic heterocycles. The van der Waals surface area contributed by atoms with Crippen molar-refractivity contribution in [3.8, 4) is 0 Å². The third kappa shape index (κ3) is 2.91. The van der Waals surface area contributed by atoms with Gasteiger partial charge in [0.2, 0.25) is 0 Å². The first kappa shape index (κ1) is 11.3. The van der Waals surface area contributed by atoms with Gasteiger partial charge in [0.25, 0.3) is 0 Å². The minimum absolute atomic E-state index is 0.665. The molecule has 2 atom stereocenters. The van der Waals surface area contributed by atoms with E-state index in [9.17, 15) is 0 Å². The average Bonchev–Trinajstić information content (AvgIpc) is 2.49. The van der Waals surface area contributed by atoms with Gasteiger partial charge in [0.05, 0.1) is 19.8 Å². The normalized spacial score (nSPS) is 33.4. The highest BCUT2D eigenvalue weighted by atomic mass is 16.5. The molecule has 2 fully saturated rings. The molecular weight excluding hydrogens is 192 g/mol. The monoisotopic (exact) mass is 214 g/mol. The van der Waals surface area contributed by atoms with Gasteiger partial charge in [-0.05, 0) is 13.0 Å². The van der Waals surface area contributed by atoms with Crippen molar-refractivity contribution in [2.24, 2.45) is 5.92 Å². The molecule has 0 aromatic carbocycles. The van der Waals surface area contributed by atoms with Crippen molar-refractivity contribution in [3.63, 3.8) is 0 Å². The Kier molecular flexibility index (Phi) is 4.38. The Bertz CT molecular complexity index is 189. The number of piperidine rings is 1. The minimum Gasteiger partial charge on any atom is -0.383 e. The average molecular weight is 214 g/mol. The van der Waals surface area contributed by atoms with Gasteiger partial charge in [-0.15, -0.1) is 0 Å². The Labute approximate surface area is 91.9 Å². The first-order chi connectivity index (χ1) is 7.42. The maximum atomic E-state index is 5.65. The van der Waals surface area contributed by atoms with Gasteiger partial charge in [-0.3, -0.25) is 4.90 Å². The van der Waals surface area contributed by atoms with Gasteiger partial charge in [-0.1, -0.05) is 0 Å². The molecule has 15 heavy (non-hydrogen) atoms. The molecule has 4 nitrogen and oxygen atoms in total. The van der Waals surface area contributed by atoms with Crippen LogP contribution in [0.1, 0.15) is 6.42 Å². The quantitative estimate of drug-likeness (QED) is 0.714.